The summed E-state index contributed by atoms with van der Waals surface area (Å²) in [7, 11) is 0. The van der Waals surface area contributed by atoms with Gasteiger partial charge in [-0.2, -0.15) is 0 Å². The van der Waals surface area contributed by atoms with Gasteiger partial charge in [0, 0.05) is 33.9 Å². The van der Waals surface area contributed by atoms with Crippen LogP contribution in [0.2, 0.25) is 0 Å². The van der Waals surface area contributed by atoms with Crippen LogP contribution in [-0.2, 0) is 0 Å². The van der Waals surface area contributed by atoms with Crippen LogP contribution in [0, 0.1) is 0 Å². The zero-order valence-corrected chi connectivity index (χ0v) is 30.4. The molecule has 0 unspecified atom stereocenters. The number of thiophene rings is 2. The molecule has 0 aliphatic heterocycles. The van der Waals surface area contributed by atoms with E-state index in [4.69, 9.17) is 4.42 Å². The average Bonchev–Trinajstić information content (AvgIpc) is 4.05. The fourth-order valence-electron chi connectivity index (χ4n) is 6.71. The minimum atomic E-state index is 0.835. The van der Waals surface area contributed by atoms with Crippen molar-refractivity contribution in [3.63, 3.8) is 0 Å². The predicted molar refractivity (Wildman–Crippen MR) is 226 cm³/mol. The number of furan rings is 1. The molecule has 9 aromatic rings. The zero-order valence-electron chi connectivity index (χ0n) is 28.7. The van der Waals surface area contributed by atoms with Crippen molar-refractivity contribution in [2.75, 3.05) is 9.80 Å². The molecule has 0 fully saturated rings. The zero-order chi connectivity index (χ0) is 35.4. The Hall–Kier alpha value is -6.40. The molecule has 0 radical (unpaired) electrons. The highest BCUT2D eigenvalue weighted by molar-refractivity contribution is 7.14. The summed E-state index contributed by atoms with van der Waals surface area (Å²) in [6.45, 7) is 0. The highest BCUT2D eigenvalue weighted by Gasteiger charge is 2.17. The molecule has 0 aliphatic carbocycles. The lowest BCUT2D eigenvalue weighted by Gasteiger charge is -2.24. The van der Waals surface area contributed by atoms with E-state index in [9.17, 15) is 0 Å². The van der Waals surface area contributed by atoms with Gasteiger partial charge in [-0.3, -0.25) is 0 Å². The van der Waals surface area contributed by atoms with Crippen molar-refractivity contribution >= 4 is 55.4 Å². The highest BCUT2D eigenvalue weighted by Crippen LogP contribution is 2.42. The minimum Gasteiger partial charge on any atom is -0.456 e. The van der Waals surface area contributed by atoms with Gasteiger partial charge in [-0.25, -0.2) is 0 Å². The Bertz CT molecular complexity index is 2360. The molecule has 3 aromatic heterocycles. The molecule has 9 rings (SSSR count). The van der Waals surface area contributed by atoms with Crippen LogP contribution in [0.4, 0.5) is 32.8 Å². The predicted octanol–water partition coefficient (Wildman–Crippen LogP) is 15.0. The SMILES string of the molecule is c1ccc(-c2cccc(N(c3ccc(-c4ccc(-c5ccc(N(c6cccc(-c7ccccc7)c6)c6cccs6)cc5)o4)cc3)c3cccs3)c2)cc1. The van der Waals surface area contributed by atoms with E-state index in [2.05, 4.69) is 215 Å². The van der Waals surface area contributed by atoms with Crippen LogP contribution >= 0.6 is 22.7 Å². The topological polar surface area (TPSA) is 19.6 Å². The Morgan fingerprint density at radius 1 is 0.302 bits per heavy atom. The minimum absolute atomic E-state index is 0.835. The molecule has 0 atom stereocenters. The average molecular weight is 719 g/mol. The lowest BCUT2D eigenvalue weighted by molar-refractivity contribution is 0.597. The number of anilines is 6. The second kappa shape index (κ2) is 14.7. The second-order valence-corrected chi connectivity index (χ2v) is 14.5. The van der Waals surface area contributed by atoms with Crippen LogP contribution in [0.1, 0.15) is 0 Å². The first kappa shape index (κ1) is 32.5. The number of nitrogens with zero attached hydrogens (tertiary/aromatic N) is 2. The summed E-state index contributed by atoms with van der Waals surface area (Å²) in [6, 6.07) is 68.4. The summed E-state index contributed by atoms with van der Waals surface area (Å²) in [6.07, 6.45) is 0. The van der Waals surface area contributed by atoms with Crippen LogP contribution in [0.25, 0.3) is 44.9 Å². The molecule has 6 aromatic carbocycles. The fourth-order valence-corrected chi connectivity index (χ4v) is 8.25. The maximum Gasteiger partial charge on any atom is 0.134 e. The normalized spacial score (nSPS) is 11.0. The van der Waals surface area contributed by atoms with Gasteiger partial charge in [-0.05, 0) is 142 Å². The van der Waals surface area contributed by atoms with Crippen LogP contribution in [0.15, 0.2) is 209 Å². The molecule has 0 saturated carbocycles. The summed E-state index contributed by atoms with van der Waals surface area (Å²) in [5.74, 6) is 1.67. The first-order valence-electron chi connectivity index (χ1n) is 17.6. The van der Waals surface area contributed by atoms with E-state index in [1.807, 2.05) is 0 Å². The van der Waals surface area contributed by atoms with Crippen LogP contribution < -0.4 is 9.80 Å². The molecule has 53 heavy (non-hydrogen) atoms. The molecule has 3 heterocycles. The third-order valence-corrected chi connectivity index (χ3v) is 11.0. The number of hydrogen-bond acceptors (Lipinski definition) is 5. The number of benzene rings is 6. The van der Waals surface area contributed by atoms with E-state index in [0.29, 0.717) is 0 Å². The number of rotatable bonds is 10. The van der Waals surface area contributed by atoms with Crippen molar-refractivity contribution in [2.24, 2.45) is 0 Å². The van der Waals surface area contributed by atoms with E-state index >= 15 is 0 Å². The molecule has 0 saturated heterocycles. The first-order chi connectivity index (χ1) is 26.3. The van der Waals surface area contributed by atoms with Crippen molar-refractivity contribution in [1.29, 1.82) is 0 Å². The quantitative estimate of drug-likeness (QED) is 0.140. The maximum atomic E-state index is 6.48. The first-order valence-corrected chi connectivity index (χ1v) is 19.3. The van der Waals surface area contributed by atoms with Crippen LogP contribution in [0.3, 0.4) is 0 Å². The molecule has 3 nitrogen and oxygen atoms in total. The largest absolute Gasteiger partial charge is 0.456 e. The maximum absolute atomic E-state index is 6.48. The summed E-state index contributed by atoms with van der Waals surface area (Å²) in [5.41, 5.74) is 11.3. The van der Waals surface area contributed by atoms with E-state index in [1.165, 1.54) is 22.3 Å². The Morgan fingerprint density at radius 2 is 0.717 bits per heavy atom. The van der Waals surface area contributed by atoms with E-state index in [1.54, 1.807) is 22.7 Å². The van der Waals surface area contributed by atoms with Crippen molar-refractivity contribution < 1.29 is 4.42 Å². The fraction of sp³-hybridized carbons (Fsp3) is 0. The standard InChI is InChI=1S/C48H34N2OS2/c1-3-11-35(12-4-1)39-15-7-17-43(33-39)49(47-19-9-31-52-47)41-25-21-37(22-26-41)45-29-30-46(51-45)38-23-27-42(28-24-38)50(48-20-10-32-53-48)44-18-8-16-40(34-44)36-13-5-2-6-14-36/h1-34H. The molecule has 254 valence electrons. The summed E-state index contributed by atoms with van der Waals surface area (Å²) >= 11 is 3.46. The van der Waals surface area contributed by atoms with Gasteiger partial charge < -0.3 is 14.2 Å². The monoisotopic (exact) mass is 718 g/mol. The molecule has 5 heteroatoms. The van der Waals surface area contributed by atoms with Gasteiger partial charge in [0.05, 0.1) is 10.0 Å². The molecular formula is C48H34N2OS2. The lowest BCUT2D eigenvalue weighted by Crippen LogP contribution is -2.08. The van der Waals surface area contributed by atoms with Gasteiger partial charge >= 0.3 is 0 Å². The van der Waals surface area contributed by atoms with Gasteiger partial charge in [0.1, 0.15) is 11.5 Å². The lowest BCUT2D eigenvalue weighted by atomic mass is 10.0. The molecule has 0 amide bonds. The van der Waals surface area contributed by atoms with E-state index < -0.39 is 0 Å². The van der Waals surface area contributed by atoms with Crippen molar-refractivity contribution in [3.05, 3.63) is 205 Å². The van der Waals surface area contributed by atoms with Gasteiger partial charge in [-0.15, -0.1) is 22.7 Å². The van der Waals surface area contributed by atoms with Crippen molar-refractivity contribution in [1.82, 2.24) is 0 Å². The Morgan fingerprint density at radius 3 is 1.11 bits per heavy atom. The Balaban J connectivity index is 0.975. The molecular weight excluding hydrogens is 685 g/mol. The van der Waals surface area contributed by atoms with E-state index in [-0.39, 0.29) is 0 Å². The summed E-state index contributed by atoms with van der Waals surface area (Å²) in [5, 5.41) is 6.57. The number of hydrogen-bond donors (Lipinski definition) is 0. The molecule has 0 N–H and O–H groups in total. The van der Waals surface area contributed by atoms with Gasteiger partial charge in [-0.1, -0.05) is 84.9 Å². The molecule has 0 spiro atoms. The van der Waals surface area contributed by atoms with Crippen LogP contribution in [0.5, 0.6) is 0 Å². The van der Waals surface area contributed by atoms with Gasteiger partial charge in [0.15, 0.2) is 0 Å². The van der Waals surface area contributed by atoms with Crippen molar-refractivity contribution in [3.8, 4) is 44.9 Å². The van der Waals surface area contributed by atoms with Gasteiger partial charge in [0.2, 0.25) is 0 Å². The molecule has 0 aliphatic rings. The smallest absolute Gasteiger partial charge is 0.134 e. The summed E-state index contributed by atoms with van der Waals surface area (Å²) in [4.78, 5) is 4.63. The van der Waals surface area contributed by atoms with E-state index in [0.717, 1.165) is 55.4 Å². The van der Waals surface area contributed by atoms with Crippen LogP contribution in [-0.4, -0.2) is 0 Å². The summed E-state index contributed by atoms with van der Waals surface area (Å²) < 4.78 is 6.48. The van der Waals surface area contributed by atoms with Gasteiger partial charge in [0.25, 0.3) is 0 Å². The van der Waals surface area contributed by atoms with Crippen molar-refractivity contribution in [2.45, 2.75) is 0 Å². The molecule has 0 bridgehead atoms. The second-order valence-electron chi connectivity index (χ2n) is 12.7. The third-order valence-electron chi connectivity index (χ3n) is 9.30. The highest BCUT2D eigenvalue weighted by atomic mass is 32.1. The Labute approximate surface area is 317 Å². The Kier molecular flexibility index (Phi) is 9.00. The third kappa shape index (κ3) is 6.84.